The maximum atomic E-state index is 13.3. The highest BCUT2D eigenvalue weighted by Gasteiger charge is 2.28. The molecule has 10 heteroatoms. The Hall–Kier alpha value is -2.43. The van der Waals surface area contributed by atoms with Crippen molar-refractivity contribution < 1.29 is 14.3 Å². The minimum atomic E-state index is -0.178. The normalized spacial score (nSPS) is 14.5. The standard InChI is InChI=1S/C23H25N3O4S3/c1-3-9-26-21(28)19-16(17-6-5-12-31-17)13-32-20(19)24-23(26)33-14-18(27)25-10-7-15(8-11-25)22(29)30-4-2/h3,5-6,12-13,15H,1,4,7-11,14H2,2H3. The average Bonchev–Trinajstić information content (AvgIpc) is 3.50. The molecular formula is C23H25N3O4S3. The number of carbonyl (C=O) groups is 2. The maximum Gasteiger partial charge on any atom is 0.309 e. The molecule has 0 bridgehead atoms. The number of thioether (sulfide) groups is 1. The third-order valence-corrected chi connectivity index (χ3v) is 8.29. The number of esters is 1. The first kappa shape index (κ1) is 23.7. The van der Waals surface area contributed by atoms with Gasteiger partial charge in [0.15, 0.2) is 5.16 Å². The fourth-order valence-corrected chi connectivity index (χ4v) is 6.58. The van der Waals surface area contributed by atoms with E-state index >= 15 is 0 Å². The second-order valence-corrected chi connectivity index (χ2v) is 10.3. The molecule has 0 radical (unpaired) electrons. The Labute approximate surface area is 204 Å². The van der Waals surface area contributed by atoms with Gasteiger partial charge in [-0.2, -0.15) is 0 Å². The molecule has 174 valence electrons. The van der Waals surface area contributed by atoms with Crippen LogP contribution in [-0.2, 0) is 20.9 Å². The summed E-state index contributed by atoms with van der Waals surface area (Å²) in [6.07, 6.45) is 2.89. The van der Waals surface area contributed by atoms with Crippen molar-refractivity contribution in [1.29, 1.82) is 0 Å². The van der Waals surface area contributed by atoms with E-state index in [0.29, 0.717) is 54.5 Å². The second-order valence-electron chi connectivity index (χ2n) is 7.60. The zero-order chi connectivity index (χ0) is 23.4. The number of likely N-dealkylation sites (tertiary alicyclic amines) is 1. The van der Waals surface area contributed by atoms with Crippen LogP contribution in [-0.4, -0.2) is 51.8 Å². The molecule has 1 amide bonds. The number of carbonyl (C=O) groups excluding carboxylic acids is 2. The van der Waals surface area contributed by atoms with Gasteiger partial charge in [-0.3, -0.25) is 19.0 Å². The molecular weight excluding hydrogens is 478 g/mol. The number of hydrogen-bond donors (Lipinski definition) is 0. The molecule has 1 fully saturated rings. The summed E-state index contributed by atoms with van der Waals surface area (Å²) < 4.78 is 6.68. The number of hydrogen-bond acceptors (Lipinski definition) is 8. The highest BCUT2D eigenvalue weighted by molar-refractivity contribution is 7.99. The SMILES string of the molecule is C=CCn1c(SCC(=O)N2CCC(C(=O)OCC)CC2)nc2scc(-c3cccs3)c2c1=O. The Kier molecular flexibility index (Phi) is 7.67. The molecule has 1 saturated heterocycles. The Morgan fingerprint density at radius 1 is 1.33 bits per heavy atom. The predicted octanol–water partition coefficient (Wildman–Crippen LogP) is 4.27. The first-order valence-electron chi connectivity index (χ1n) is 10.8. The molecule has 4 rings (SSSR count). The van der Waals surface area contributed by atoms with Gasteiger partial charge in [-0.25, -0.2) is 4.98 Å². The highest BCUT2D eigenvalue weighted by atomic mass is 32.2. The van der Waals surface area contributed by atoms with E-state index < -0.39 is 0 Å². The van der Waals surface area contributed by atoms with Crippen molar-refractivity contribution >= 4 is 56.5 Å². The third-order valence-electron chi connectivity index (χ3n) is 5.55. The lowest BCUT2D eigenvalue weighted by molar-refractivity contribution is -0.151. The number of thiophene rings is 2. The van der Waals surface area contributed by atoms with Gasteiger partial charge < -0.3 is 9.64 Å². The van der Waals surface area contributed by atoms with Crippen LogP contribution in [0.3, 0.4) is 0 Å². The Morgan fingerprint density at radius 2 is 2.12 bits per heavy atom. The first-order chi connectivity index (χ1) is 16.0. The van der Waals surface area contributed by atoms with E-state index in [-0.39, 0.29) is 29.1 Å². The van der Waals surface area contributed by atoms with Gasteiger partial charge >= 0.3 is 5.97 Å². The molecule has 4 heterocycles. The topological polar surface area (TPSA) is 81.5 Å². The molecule has 0 unspecified atom stereocenters. The van der Waals surface area contributed by atoms with Crippen LogP contribution in [0.15, 0.2) is 45.5 Å². The van der Waals surface area contributed by atoms with Crippen LogP contribution in [0.4, 0.5) is 0 Å². The van der Waals surface area contributed by atoms with E-state index in [1.54, 1.807) is 33.8 Å². The van der Waals surface area contributed by atoms with Crippen molar-refractivity contribution in [2.45, 2.75) is 31.5 Å². The molecule has 1 aliphatic heterocycles. The van der Waals surface area contributed by atoms with Crippen LogP contribution in [0.2, 0.25) is 0 Å². The molecule has 0 atom stereocenters. The average molecular weight is 504 g/mol. The minimum absolute atomic E-state index is 0.0211. The van der Waals surface area contributed by atoms with Crippen molar-refractivity contribution in [2.24, 2.45) is 5.92 Å². The zero-order valence-corrected chi connectivity index (χ0v) is 20.8. The summed E-state index contributed by atoms with van der Waals surface area (Å²) in [7, 11) is 0. The van der Waals surface area contributed by atoms with E-state index in [9.17, 15) is 14.4 Å². The third kappa shape index (κ3) is 5.07. The lowest BCUT2D eigenvalue weighted by Gasteiger charge is -2.30. The summed E-state index contributed by atoms with van der Waals surface area (Å²) in [5.41, 5.74) is 0.784. The molecule has 0 N–H and O–H groups in total. The predicted molar refractivity (Wildman–Crippen MR) is 134 cm³/mol. The fourth-order valence-electron chi connectivity index (χ4n) is 3.86. The number of ether oxygens (including phenoxy) is 1. The number of allylic oxidation sites excluding steroid dienone is 1. The molecule has 0 aromatic carbocycles. The lowest BCUT2D eigenvalue weighted by Crippen LogP contribution is -2.41. The van der Waals surface area contributed by atoms with Gasteiger partial charge in [0.05, 0.1) is 23.7 Å². The van der Waals surface area contributed by atoms with Gasteiger partial charge in [0.1, 0.15) is 4.83 Å². The van der Waals surface area contributed by atoms with Gasteiger partial charge in [0, 0.05) is 35.5 Å². The highest BCUT2D eigenvalue weighted by Crippen LogP contribution is 2.34. The van der Waals surface area contributed by atoms with E-state index in [4.69, 9.17) is 9.72 Å². The van der Waals surface area contributed by atoms with Crippen LogP contribution in [0.1, 0.15) is 19.8 Å². The zero-order valence-electron chi connectivity index (χ0n) is 18.3. The van der Waals surface area contributed by atoms with Crippen molar-refractivity contribution in [3.8, 4) is 10.4 Å². The number of rotatable bonds is 8. The number of nitrogens with zero attached hydrogens (tertiary/aromatic N) is 3. The largest absolute Gasteiger partial charge is 0.466 e. The van der Waals surface area contributed by atoms with E-state index in [2.05, 4.69) is 6.58 Å². The van der Waals surface area contributed by atoms with Crippen LogP contribution in [0.5, 0.6) is 0 Å². The Bertz CT molecular complexity index is 1210. The van der Waals surface area contributed by atoms with Crippen LogP contribution >= 0.6 is 34.4 Å². The van der Waals surface area contributed by atoms with Gasteiger partial charge in [-0.05, 0) is 31.2 Å². The molecule has 33 heavy (non-hydrogen) atoms. The van der Waals surface area contributed by atoms with Gasteiger partial charge in [0.2, 0.25) is 5.91 Å². The fraction of sp³-hybridized carbons (Fsp3) is 0.391. The molecule has 0 saturated carbocycles. The summed E-state index contributed by atoms with van der Waals surface area (Å²) in [5, 5.41) is 5.08. The molecule has 1 aliphatic rings. The van der Waals surface area contributed by atoms with E-state index in [1.165, 1.54) is 23.1 Å². The summed E-state index contributed by atoms with van der Waals surface area (Å²) in [4.78, 5) is 46.3. The van der Waals surface area contributed by atoms with Crippen molar-refractivity contribution in [3.63, 3.8) is 0 Å². The van der Waals surface area contributed by atoms with Crippen molar-refractivity contribution in [2.75, 3.05) is 25.4 Å². The van der Waals surface area contributed by atoms with Crippen molar-refractivity contribution in [3.05, 3.63) is 45.9 Å². The summed E-state index contributed by atoms with van der Waals surface area (Å²) in [6.45, 7) is 7.33. The smallest absolute Gasteiger partial charge is 0.309 e. The number of aromatic nitrogens is 2. The molecule has 0 aliphatic carbocycles. The molecule has 3 aromatic rings. The van der Waals surface area contributed by atoms with Crippen LogP contribution in [0, 0.1) is 5.92 Å². The van der Waals surface area contributed by atoms with Gasteiger partial charge in [0.25, 0.3) is 5.56 Å². The second kappa shape index (κ2) is 10.7. The Morgan fingerprint density at radius 3 is 2.79 bits per heavy atom. The van der Waals surface area contributed by atoms with Crippen LogP contribution in [0.25, 0.3) is 20.7 Å². The molecule has 0 spiro atoms. The van der Waals surface area contributed by atoms with E-state index in [0.717, 1.165) is 10.4 Å². The lowest BCUT2D eigenvalue weighted by atomic mass is 9.97. The maximum absolute atomic E-state index is 13.3. The number of piperidine rings is 1. The number of fused-ring (bicyclic) bond motifs is 1. The van der Waals surface area contributed by atoms with E-state index in [1.807, 2.05) is 22.9 Å². The summed E-state index contributed by atoms with van der Waals surface area (Å²) in [5.74, 6) is -0.155. The summed E-state index contributed by atoms with van der Waals surface area (Å²) >= 11 is 4.30. The summed E-state index contributed by atoms with van der Waals surface area (Å²) in [6, 6.07) is 3.96. The minimum Gasteiger partial charge on any atom is -0.466 e. The van der Waals surface area contributed by atoms with Crippen molar-refractivity contribution in [1.82, 2.24) is 14.5 Å². The van der Waals surface area contributed by atoms with Gasteiger partial charge in [-0.1, -0.05) is 23.9 Å². The quantitative estimate of drug-likeness (QED) is 0.198. The van der Waals surface area contributed by atoms with Gasteiger partial charge in [-0.15, -0.1) is 29.3 Å². The molecule has 3 aromatic heterocycles. The molecule has 7 nitrogen and oxygen atoms in total. The first-order valence-corrected chi connectivity index (χ1v) is 13.5. The number of amides is 1. The Balaban J connectivity index is 1.49. The monoisotopic (exact) mass is 503 g/mol. The van der Waals surface area contributed by atoms with Crippen LogP contribution < -0.4 is 5.56 Å².